The third-order valence-electron chi connectivity index (χ3n) is 1.89. The van der Waals surface area contributed by atoms with Crippen LogP contribution >= 0.6 is 11.3 Å². The molecule has 0 radical (unpaired) electrons. The summed E-state index contributed by atoms with van der Waals surface area (Å²) >= 11 is 1.84. The topological polar surface area (TPSA) is 12.9 Å². The molecule has 0 unspecified atom stereocenters. The molecule has 0 atom stereocenters. The minimum absolute atomic E-state index is 0.189. The molecule has 1 nitrogen and oxygen atoms in total. The van der Waals surface area contributed by atoms with Crippen molar-refractivity contribution in [3.8, 4) is 0 Å². The molecule has 74 valence electrons. The summed E-state index contributed by atoms with van der Waals surface area (Å²) in [5, 5.41) is 1.23. The molecule has 1 aromatic rings. The van der Waals surface area contributed by atoms with Crippen LogP contribution in [0.5, 0.6) is 0 Å². The van der Waals surface area contributed by atoms with Crippen LogP contribution in [0.25, 0.3) is 0 Å². The van der Waals surface area contributed by atoms with E-state index in [0.29, 0.717) is 0 Å². The third kappa shape index (κ3) is 2.53. The quantitative estimate of drug-likeness (QED) is 0.617. The van der Waals surface area contributed by atoms with Crippen molar-refractivity contribution >= 4 is 11.3 Å². The molecule has 0 bridgehead atoms. The van der Waals surface area contributed by atoms with Gasteiger partial charge in [0.1, 0.15) is 0 Å². The average molecular weight is 197 g/mol. The van der Waals surface area contributed by atoms with E-state index in [1.54, 1.807) is 0 Å². The molecule has 1 aromatic heterocycles. The number of hydrogen-bond acceptors (Lipinski definition) is 2. The smallest absolute Gasteiger partial charge is 0.0981 e. The lowest BCUT2D eigenvalue weighted by atomic mass is 9.95. The first kappa shape index (κ1) is 10.7. The number of thiazole rings is 1. The molecule has 13 heavy (non-hydrogen) atoms. The van der Waals surface area contributed by atoms with Crippen molar-refractivity contribution in [2.45, 2.75) is 52.4 Å². The van der Waals surface area contributed by atoms with Gasteiger partial charge in [-0.2, -0.15) is 0 Å². The fourth-order valence-corrected chi connectivity index (χ4v) is 2.00. The van der Waals surface area contributed by atoms with Crippen molar-refractivity contribution in [3.63, 3.8) is 0 Å². The second kappa shape index (κ2) is 3.09. The summed E-state index contributed by atoms with van der Waals surface area (Å²) in [6, 6.07) is 0. The van der Waals surface area contributed by atoms with Gasteiger partial charge in [0.25, 0.3) is 0 Å². The van der Waals surface area contributed by atoms with E-state index in [1.807, 2.05) is 17.5 Å². The van der Waals surface area contributed by atoms with E-state index in [1.165, 1.54) is 9.88 Å². The Kier molecular flexibility index (Phi) is 2.54. The van der Waals surface area contributed by atoms with E-state index < -0.39 is 0 Å². The first-order valence-electron chi connectivity index (χ1n) is 4.68. The highest BCUT2D eigenvalue weighted by atomic mass is 32.1. The van der Waals surface area contributed by atoms with Crippen LogP contribution in [0, 0.1) is 0 Å². The van der Waals surface area contributed by atoms with Gasteiger partial charge in [-0.05, 0) is 5.41 Å². The second-order valence-corrected chi connectivity index (χ2v) is 6.56. The van der Waals surface area contributed by atoms with Crippen molar-refractivity contribution in [1.29, 1.82) is 0 Å². The monoisotopic (exact) mass is 197 g/mol. The lowest BCUT2D eigenvalue weighted by Gasteiger charge is -2.16. The zero-order chi connectivity index (χ0) is 10.3. The molecule has 0 aliphatic rings. The molecular weight excluding hydrogens is 178 g/mol. The molecule has 0 fully saturated rings. The van der Waals surface area contributed by atoms with Gasteiger partial charge < -0.3 is 0 Å². The predicted octanol–water partition coefficient (Wildman–Crippen LogP) is 3.74. The van der Waals surface area contributed by atoms with Gasteiger partial charge in [-0.15, -0.1) is 11.3 Å². The Balaban J connectivity index is 3.01. The summed E-state index contributed by atoms with van der Waals surface area (Å²) in [7, 11) is 0. The molecule has 0 saturated heterocycles. The first-order valence-corrected chi connectivity index (χ1v) is 5.50. The summed E-state index contributed by atoms with van der Waals surface area (Å²) in [5.41, 5.74) is 0.426. The van der Waals surface area contributed by atoms with Gasteiger partial charge in [0.2, 0.25) is 0 Å². The van der Waals surface area contributed by atoms with Gasteiger partial charge in [-0.1, -0.05) is 41.5 Å². The van der Waals surface area contributed by atoms with Crippen LogP contribution in [0.3, 0.4) is 0 Å². The Hall–Kier alpha value is -0.370. The average Bonchev–Trinajstić information content (AvgIpc) is 2.28. The normalized spacial score (nSPS) is 13.4. The molecular formula is C11H19NS. The lowest BCUT2D eigenvalue weighted by Crippen LogP contribution is -2.10. The van der Waals surface area contributed by atoms with Crippen LogP contribution in [0.15, 0.2) is 6.20 Å². The van der Waals surface area contributed by atoms with Crippen molar-refractivity contribution in [3.05, 3.63) is 16.1 Å². The maximum atomic E-state index is 4.47. The fraction of sp³-hybridized carbons (Fsp3) is 0.727. The Morgan fingerprint density at radius 1 is 1.00 bits per heavy atom. The number of aromatic nitrogens is 1. The maximum absolute atomic E-state index is 4.47. The van der Waals surface area contributed by atoms with Crippen LogP contribution in [0.4, 0.5) is 0 Å². The molecule has 0 spiro atoms. The van der Waals surface area contributed by atoms with Crippen molar-refractivity contribution in [2.24, 2.45) is 0 Å². The molecule has 0 aliphatic heterocycles. The lowest BCUT2D eigenvalue weighted by molar-refractivity contribution is 0.585. The van der Waals surface area contributed by atoms with E-state index in [0.717, 1.165) is 0 Å². The molecule has 0 amide bonds. The molecule has 2 heteroatoms. The summed E-state index contributed by atoms with van der Waals surface area (Å²) in [5.74, 6) is 0. The van der Waals surface area contributed by atoms with Gasteiger partial charge >= 0.3 is 0 Å². The minimum Gasteiger partial charge on any atom is -0.249 e. The van der Waals surface area contributed by atoms with Crippen molar-refractivity contribution in [2.75, 3.05) is 0 Å². The van der Waals surface area contributed by atoms with E-state index >= 15 is 0 Å². The van der Waals surface area contributed by atoms with Crippen molar-refractivity contribution < 1.29 is 0 Å². The van der Waals surface area contributed by atoms with Crippen LogP contribution in [0.2, 0.25) is 0 Å². The summed E-state index contributed by atoms with van der Waals surface area (Å²) in [6.07, 6.45) is 2.02. The molecule has 0 N–H and O–H groups in total. The SMILES string of the molecule is CC(C)(C)c1cnc(C(C)(C)C)s1. The Morgan fingerprint density at radius 3 is 1.77 bits per heavy atom. The van der Waals surface area contributed by atoms with Crippen LogP contribution in [-0.2, 0) is 10.8 Å². The largest absolute Gasteiger partial charge is 0.249 e. The van der Waals surface area contributed by atoms with E-state index in [9.17, 15) is 0 Å². The van der Waals surface area contributed by atoms with Crippen LogP contribution < -0.4 is 0 Å². The minimum atomic E-state index is 0.189. The second-order valence-electron chi connectivity index (χ2n) is 5.53. The van der Waals surface area contributed by atoms with Crippen LogP contribution in [-0.4, -0.2) is 4.98 Å². The van der Waals surface area contributed by atoms with Gasteiger partial charge in [-0.3, -0.25) is 0 Å². The Bertz CT molecular complexity index is 257. The van der Waals surface area contributed by atoms with Crippen molar-refractivity contribution in [1.82, 2.24) is 4.98 Å². The van der Waals surface area contributed by atoms with Gasteiger partial charge in [0, 0.05) is 16.5 Å². The van der Waals surface area contributed by atoms with Gasteiger partial charge in [-0.25, -0.2) is 4.98 Å². The highest BCUT2D eigenvalue weighted by molar-refractivity contribution is 7.11. The predicted molar refractivity (Wildman–Crippen MR) is 59.5 cm³/mol. The maximum Gasteiger partial charge on any atom is 0.0981 e. The molecule has 1 rings (SSSR count). The summed E-state index contributed by atoms with van der Waals surface area (Å²) in [6.45, 7) is 13.3. The van der Waals surface area contributed by atoms with E-state index in [4.69, 9.17) is 0 Å². The molecule has 1 heterocycles. The number of nitrogens with zero attached hydrogens (tertiary/aromatic N) is 1. The fourth-order valence-electron chi connectivity index (χ4n) is 0.968. The zero-order valence-corrected chi connectivity index (χ0v) is 10.2. The summed E-state index contributed by atoms with van der Waals surface area (Å²) in [4.78, 5) is 5.85. The van der Waals surface area contributed by atoms with Crippen LogP contribution in [0.1, 0.15) is 51.4 Å². The van der Waals surface area contributed by atoms with Gasteiger partial charge in [0.15, 0.2) is 0 Å². The van der Waals surface area contributed by atoms with E-state index in [2.05, 4.69) is 46.5 Å². The molecule has 0 aromatic carbocycles. The Morgan fingerprint density at radius 2 is 1.54 bits per heavy atom. The molecule has 0 saturated carbocycles. The standard InChI is InChI=1S/C11H19NS/c1-10(2,3)8-7-12-9(13-8)11(4,5)6/h7H,1-6H3. The first-order chi connectivity index (χ1) is 5.71. The summed E-state index contributed by atoms with van der Waals surface area (Å²) < 4.78 is 0. The highest BCUT2D eigenvalue weighted by Crippen LogP contribution is 2.33. The zero-order valence-electron chi connectivity index (χ0n) is 9.43. The third-order valence-corrected chi connectivity index (χ3v) is 3.74. The molecule has 0 aliphatic carbocycles. The van der Waals surface area contributed by atoms with Gasteiger partial charge in [0.05, 0.1) is 5.01 Å². The highest BCUT2D eigenvalue weighted by Gasteiger charge is 2.22. The number of hydrogen-bond donors (Lipinski definition) is 0. The number of rotatable bonds is 0. The van der Waals surface area contributed by atoms with E-state index in [-0.39, 0.29) is 10.8 Å². The Labute approximate surface area is 85.2 Å².